The molecule has 0 aliphatic rings. The molecule has 0 fully saturated rings. The molecule has 0 saturated heterocycles. The zero-order chi connectivity index (χ0) is 11.1. The molecule has 0 radical (unpaired) electrons. The molecular weight excluding hydrogens is 204 g/mol. The lowest BCUT2D eigenvalue weighted by atomic mass is 10.5. The Hall–Kier alpha value is -1.36. The summed E-state index contributed by atoms with van der Waals surface area (Å²) in [5, 5.41) is 8.97. The Morgan fingerprint density at radius 1 is 0.933 bits per heavy atom. The second-order valence-electron chi connectivity index (χ2n) is 4.30. The summed E-state index contributed by atoms with van der Waals surface area (Å²) in [5.74, 6) is 0. The van der Waals surface area contributed by atoms with Crippen molar-refractivity contribution in [1.29, 1.82) is 0 Å². The van der Waals surface area contributed by atoms with Crippen molar-refractivity contribution in [2.75, 3.05) is 0 Å². The van der Waals surface area contributed by atoms with Gasteiger partial charge >= 0.3 is 8.40 Å². The normalized spacial score (nSPS) is 12.0. The zero-order valence-corrected chi connectivity index (χ0v) is 10.6. The molecule has 0 aliphatic carbocycles. The standard InChI is InChI=1S/C10H16N4Si/c1-9-5-7-13(11-9)15(3,4)14-8-6-10(2)12-14/h5-8H,1-4H3. The molecule has 0 aliphatic heterocycles. The highest BCUT2D eigenvalue weighted by atomic mass is 28.3. The third-order valence-electron chi connectivity index (χ3n) is 2.57. The SMILES string of the molecule is Cc1ccn([Si](C)(C)n2ccc(C)n2)n1. The average Bonchev–Trinajstić information content (AvgIpc) is 2.74. The Labute approximate surface area is 90.7 Å². The van der Waals surface area contributed by atoms with Gasteiger partial charge in [-0.1, -0.05) is 0 Å². The highest BCUT2D eigenvalue weighted by molar-refractivity contribution is 6.73. The maximum absolute atomic E-state index is 4.49. The topological polar surface area (TPSA) is 35.6 Å². The van der Waals surface area contributed by atoms with Crippen molar-refractivity contribution in [3.63, 3.8) is 0 Å². The zero-order valence-electron chi connectivity index (χ0n) is 9.60. The van der Waals surface area contributed by atoms with Crippen LogP contribution >= 0.6 is 0 Å². The van der Waals surface area contributed by atoms with Crippen LogP contribution < -0.4 is 0 Å². The maximum Gasteiger partial charge on any atom is 0.303 e. The predicted octanol–water partition coefficient (Wildman–Crippen LogP) is 1.79. The summed E-state index contributed by atoms with van der Waals surface area (Å²) in [7, 11) is -1.80. The van der Waals surface area contributed by atoms with Gasteiger partial charge in [0.05, 0.1) is 11.4 Å². The molecule has 0 unspecified atom stereocenters. The Bertz CT molecular complexity index is 427. The molecule has 0 atom stereocenters. The Kier molecular flexibility index (Phi) is 2.26. The molecule has 4 nitrogen and oxygen atoms in total. The van der Waals surface area contributed by atoms with Crippen LogP contribution in [0.2, 0.25) is 13.1 Å². The van der Waals surface area contributed by atoms with Gasteiger partial charge in [-0.05, 0) is 39.1 Å². The molecule has 2 heterocycles. The molecule has 0 aromatic carbocycles. The molecule has 0 spiro atoms. The molecule has 5 heteroatoms. The van der Waals surface area contributed by atoms with E-state index in [0.717, 1.165) is 11.4 Å². The van der Waals surface area contributed by atoms with Gasteiger partial charge in [0.25, 0.3) is 0 Å². The number of rotatable bonds is 2. The van der Waals surface area contributed by atoms with Crippen LogP contribution in [-0.2, 0) is 0 Å². The number of aryl methyl sites for hydroxylation is 2. The van der Waals surface area contributed by atoms with Crippen molar-refractivity contribution in [3.8, 4) is 0 Å². The predicted molar refractivity (Wildman–Crippen MR) is 62.2 cm³/mol. The van der Waals surface area contributed by atoms with Gasteiger partial charge in [0, 0.05) is 12.4 Å². The van der Waals surface area contributed by atoms with Crippen LogP contribution in [0.25, 0.3) is 0 Å². The quantitative estimate of drug-likeness (QED) is 0.723. The van der Waals surface area contributed by atoms with E-state index >= 15 is 0 Å². The molecule has 15 heavy (non-hydrogen) atoms. The van der Waals surface area contributed by atoms with Crippen molar-refractivity contribution >= 4 is 8.40 Å². The van der Waals surface area contributed by atoms with Crippen LogP contribution in [0.15, 0.2) is 24.5 Å². The largest absolute Gasteiger partial charge is 0.303 e. The summed E-state index contributed by atoms with van der Waals surface area (Å²) < 4.78 is 4.13. The average molecular weight is 220 g/mol. The van der Waals surface area contributed by atoms with Gasteiger partial charge in [0.1, 0.15) is 0 Å². The Morgan fingerprint density at radius 2 is 1.33 bits per heavy atom. The third kappa shape index (κ3) is 1.74. The van der Waals surface area contributed by atoms with Gasteiger partial charge in [-0.25, -0.2) is 0 Å². The lowest BCUT2D eigenvalue weighted by Gasteiger charge is -2.22. The van der Waals surface area contributed by atoms with Gasteiger partial charge in [-0.2, -0.15) is 10.2 Å². The minimum Gasteiger partial charge on any atom is -0.278 e. The van der Waals surface area contributed by atoms with Gasteiger partial charge in [0.15, 0.2) is 0 Å². The summed E-state index contributed by atoms with van der Waals surface area (Å²) in [5.41, 5.74) is 2.11. The Balaban J connectivity index is 2.42. The van der Waals surface area contributed by atoms with Gasteiger partial charge in [0.2, 0.25) is 0 Å². The molecule has 2 aromatic heterocycles. The minimum atomic E-state index is -1.80. The Morgan fingerprint density at radius 3 is 1.60 bits per heavy atom. The van der Waals surface area contributed by atoms with Crippen molar-refractivity contribution in [2.24, 2.45) is 0 Å². The highest BCUT2D eigenvalue weighted by Gasteiger charge is 2.28. The molecule has 0 bridgehead atoms. The monoisotopic (exact) mass is 220 g/mol. The minimum absolute atomic E-state index is 1.06. The van der Waals surface area contributed by atoms with E-state index in [4.69, 9.17) is 0 Å². The van der Waals surface area contributed by atoms with E-state index in [9.17, 15) is 0 Å². The van der Waals surface area contributed by atoms with E-state index in [1.165, 1.54) is 0 Å². The molecular formula is C10H16N4Si. The summed E-state index contributed by atoms with van der Waals surface area (Å²) in [6, 6.07) is 4.07. The first kappa shape index (κ1) is 10.2. The van der Waals surface area contributed by atoms with Gasteiger partial charge in [-0.15, -0.1) is 0 Å². The molecule has 0 N–H and O–H groups in total. The fourth-order valence-electron chi connectivity index (χ4n) is 1.54. The summed E-state index contributed by atoms with van der Waals surface area (Å²) in [6.07, 6.45) is 4.08. The first-order valence-electron chi connectivity index (χ1n) is 5.05. The number of hydrogen-bond acceptors (Lipinski definition) is 2. The van der Waals surface area contributed by atoms with Crippen molar-refractivity contribution in [3.05, 3.63) is 35.9 Å². The third-order valence-corrected chi connectivity index (χ3v) is 5.31. The van der Waals surface area contributed by atoms with Crippen LogP contribution in [0.4, 0.5) is 0 Å². The molecule has 2 aromatic rings. The van der Waals surface area contributed by atoms with Gasteiger partial charge < -0.3 is 0 Å². The van der Waals surface area contributed by atoms with E-state index in [2.05, 4.69) is 32.0 Å². The molecule has 0 saturated carbocycles. The summed E-state index contributed by atoms with van der Waals surface area (Å²) >= 11 is 0. The van der Waals surface area contributed by atoms with E-state index in [1.54, 1.807) is 0 Å². The van der Waals surface area contributed by atoms with Crippen LogP contribution in [0.1, 0.15) is 11.4 Å². The molecule has 0 amide bonds. The number of nitrogens with zero attached hydrogens (tertiary/aromatic N) is 4. The second-order valence-corrected chi connectivity index (χ2v) is 8.20. The number of hydrogen-bond donors (Lipinski definition) is 0. The molecule has 80 valence electrons. The summed E-state index contributed by atoms with van der Waals surface area (Å²) in [4.78, 5) is 0. The van der Waals surface area contributed by atoms with Crippen molar-refractivity contribution in [1.82, 2.24) is 18.9 Å². The highest BCUT2D eigenvalue weighted by Crippen LogP contribution is 2.09. The van der Waals surface area contributed by atoms with Crippen molar-refractivity contribution < 1.29 is 0 Å². The van der Waals surface area contributed by atoms with E-state index in [-0.39, 0.29) is 0 Å². The molecule has 2 rings (SSSR count). The van der Waals surface area contributed by atoms with E-state index in [0.29, 0.717) is 0 Å². The van der Waals surface area contributed by atoms with Crippen LogP contribution in [0.5, 0.6) is 0 Å². The fraction of sp³-hybridized carbons (Fsp3) is 0.400. The summed E-state index contributed by atoms with van der Waals surface area (Å²) in [6.45, 7) is 8.47. The first-order chi connectivity index (χ1) is 7.00. The van der Waals surface area contributed by atoms with E-state index in [1.807, 2.05) is 38.4 Å². The van der Waals surface area contributed by atoms with Crippen molar-refractivity contribution in [2.45, 2.75) is 26.9 Å². The maximum atomic E-state index is 4.49. The van der Waals surface area contributed by atoms with Crippen LogP contribution in [-0.4, -0.2) is 27.3 Å². The second kappa shape index (κ2) is 3.34. The lowest BCUT2D eigenvalue weighted by molar-refractivity contribution is 0.808. The van der Waals surface area contributed by atoms with E-state index < -0.39 is 8.40 Å². The van der Waals surface area contributed by atoms with Crippen LogP contribution in [0, 0.1) is 13.8 Å². The first-order valence-corrected chi connectivity index (χ1v) is 7.95. The smallest absolute Gasteiger partial charge is 0.278 e. The fourth-order valence-corrected chi connectivity index (χ4v) is 3.44. The van der Waals surface area contributed by atoms with Crippen LogP contribution in [0.3, 0.4) is 0 Å². The lowest BCUT2D eigenvalue weighted by Crippen LogP contribution is -2.46. The number of aromatic nitrogens is 4. The van der Waals surface area contributed by atoms with Gasteiger partial charge in [-0.3, -0.25) is 8.69 Å².